The minimum Gasteiger partial charge on any atom is -0.383 e. The lowest BCUT2D eigenvalue weighted by Crippen LogP contribution is -2.05. The predicted octanol–water partition coefficient (Wildman–Crippen LogP) is 2.54. The Bertz CT molecular complexity index is 433. The van der Waals surface area contributed by atoms with Crippen LogP contribution in [0.25, 0.3) is 0 Å². The van der Waals surface area contributed by atoms with Gasteiger partial charge in [-0.3, -0.25) is 0 Å². The van der Waals surface area contributed by atoms with E-state index in [1.165, 1.54) is 5.56 Å². The molecule has 0 fully saturated rings. The van der Waals surface area contributed by atoms with Crippen molar-refractivity contribution in [3.05, 3.63) is 33.1 Å². The molecular weight excluding hydrogens is 218 g/mol. The van der Waals surface area contributed by atoms with Crippen molar-refractivity contribution in [2.75, 3.05) is 5.73 Å². The van der Waals surface area contributed by atoms with Crippen LogP contribution >= 0.6 is 22.9 Å². The molecule has 0 spiro atoms. The number of anilines is 1. The average molecular weight is 228 g/mol. The van der Waals surface area contributed by atoms with Gasteiger partial charge in [-0.15, -0.1) is 0 Å². The van der Waals surface area contributed by atoms with E-state index in [0.29, 0.717) is 17.4 Å². The molecule has 0 aliphatic heterocycles. The minimum atomic E-state index is 0.537. The molecule has 2 N–H and O–H groups in total. The smallest absolute Gasteiger partial charge is 0.141 e. The maximum absolute atomic E-state index is 5.93. The average Bonchev–Trinajstić information content (AvgIpc) is 2.73. The van der Waals surface area contributed by atoms with Crippen LogP contribution in [0, 0.1) is 6.92 Å². The van der Waals surface area contributed by atoms with Crippen LogP contribution in [0.2, 0.25) is 5.02 Å². The Morgan fingerprint density at radius 2 is 2.43 bits per heavy atom. The van der Waals surface area contributed by atoms with E-state index in [0.717, 1.165) is 5.69 Å². The number of rotatable bonds is 2. The van der Waals surface area contributed by atoms with E-state index in [1.54, 1.807) is 16.0 Å². The second kappa shape index (κ2) is 3.63. The molecule has 0 atom stereocenters. The summed E-state index contributed by atoms with van der Waals surface area (Å²) in [5, 5.41) is 8.91. The number of halogens is 1. The van der Waals surface area contributed by atoms with Crippen LogP contribution in [0.5, 0.6) is 0 Å². The molecular formula is C9H10ClN3S. The predicted molar refractivity (Wildman–Crippen MR) is 59.8 cm³/mol. The second-order valence-electron chi connectivity index (χ2n) is 3.07. The number of hydrogen-bond donors (Lipinski definition) is 1. The van der Waals surface area contributed by atoms with Gasteiger partial charge in [-0.1, -0.05) is 11.6 Å². The van der Waals surface area contributed by atoms with E-state index in [4.69, 9.17) is 17.3 Å². The van der Waals surface area contributed by atoms with Crippen LogP contribution in [0.4, 0.5) is 5.82 Å². The first-order valence-electron chi connectivity index (χ1n) is 4.18. The first-order chi connectivity index (χ1) is 6.68. The first kappa shape index (κ1) is 9.55. The summed E-state index contributed by atoms with van der Waals surface area (Å²) in [5.74, 6) is 0.537. The molecule has 0 saturated carbocycles. The van der Waals surface area contributed by atoms with Crippen molar-refractivity contribution in [2.24, 2.45) is 0 Å². The Morgan fingerprint density at radius 1 is 1.64 bits per heavy atom. The number of nitrogens with two attached hydrogens (primary N) is 1. The zero-order chi connectivity index (χ0) is 10.1. The van der Waals surface area contributed by atoms with Gasteiger partial charge in [0, 0.05) is 0 Å². The summed E-state index contributed by atoms with van der Waals surface area (Å²) in [6, 6.07) is 2.05. The Hall–Kier alpha value is -1.00. The molecule has 0 amide bonds. The lowest BCUT2D eigenvalue weighted by atomic mass is 10.3. The van der Waals surface area contributed by atoms with Gasteiger partial charge in [-0.25, -0.2) is 4.68 Å². The maximum Gasteiger partial charge on any atom is 0.141 e. The maximum atomic E-state index is 5.93. The summed E-state index contributed by atoms with van der Waals surface area (Å²) >= 11 is 7.59. The lowest BCUT2D eigenvalue weighted by molar-refractivity contribution is 0.691. The monoisotopic (exact) mass is 227 g/mol. The second-order valence-corrected chi connectivity index (χ2v) is 4.23. The van der Waals surface area contributed by atoms with E-state index in [1.807, 2.05) is 12.3 Å². The van der Waals surface area contributed by atoms with E-state index in [2.05, 4.69) is 16.5 Å². The molecule has 0 radical (unpaired) electrons. The molecule has 14 heavy (non-hydrogen) atoms. The summed E-state index contributed by atoms with van der Waals surface area (Å²) < 4.78 is 1.72. The van der Waals surface area contributed by atoms with Gasteiger partial charge in [0.1, 0.15) is 10.8 Å². The number of aryl methyl sites for hydroxylation is 1. The molecule has 0 saturated heterocycles. The quantitative estimate of drug-likeness (QED) is 0.857. The molecule has 5 heteroatoms. The number of aromatic nitrogens is 2. The summed E-state index contributed by atoms with van der Waals surface area (Å²) in [4.78, 5) is 0. The van der Waals surface area contributed by atoms with Crippen LogP contribution in [0.1, 0.15) is 11.3 Å². The van der Waals surface area contributed by atoms with E-state index < -0.39 is 0 Å². The highest BCUT2D eigenvalue weighted by atomic mass is 35.5. The highest BCUT2D eigenvalue weighted by Gasteiger charge is 2.09. The van der Waals surface area contributed by atoms with Crippen LogP contribution in [0.3, 0.4) is 0 Å². The Kier molecular flexibility index (Phi) is 2.48. The van der Waals surface area contributed by atoms with Gasteiger partial charge in [-0.2, -0.15) is 16.4 Å². The fraction of sp³-hybridized carbons (Fsp3) is 0.222. The molecule has 0 bridgehead atoms. The van der Waals surface area contributed by atoms with Gasteiger partial charge in [0.2, 0.25) is 0 Å². The summed E-state index contributed by atoms with van der Waals surface area (Å²) in [6.45, 7) is 2.53. The van der Waals surface area contributed by atoms with E-state index in [9.17, 15) is 0 Å². The van der Waals surface area contributed by atoms with Crippen molar-refractivity contribution in [3.63, 3.8) is 0 Å². The van der Waals surface area contributed by atoms with Crippen molar-refractivity contribution in [2.45, 2.75) is 13.5 Å². The fourth-order valence-electron chi connectivity index (χ4n) is 1.25. The van der Waals surface area contributed by atoms with Crippen molar-refractivity contribution in [1.82, 2.24) is 9.78 Å². The van der Waals surface area contributed by atoms with Gasteiger partial charge in [0.05, 0.1) is 12.2 Å². The summed E-state index contributed by atoms with van der Waals surface area (Å²) in [7, 11) is 0. The SMILES string of the molecule is Cc1nn(Cc2ccsc2)c(N)c1Cl. The molecule has 0 aromatic carbocycles. The first-order valence-corrected chi connectivity index (χ1v) is 5.50. The topological polar surface area (TPSA) is 43.8 Å². The highest BCUT2D eigenvalue weighted by molar-refractivity contribution is 7.07. The zero-order valence-corrected chi connectivity index (χ0v) is 9.27. The van der Waals surface area contributed by atoms with Crippen molar-refractivity contribution >= 4 is 28.8 Å². The molecule has 2 aromatic rings. The third-order valence-electron chi connectivity index (χ3n) is 2.00. The molecule has 0 unspecified atom stereocenters. The van der Waals surface area contributed by atoms with Gasteiger partial charge in [0.25, 0.3) is 0 Å². The van der Waals surface area contributed by atoms with Crippen molar-refractivity contribution in [1.29, 1.82) is 0 Å². The van der Waals surface area contributed by atoms with Crippen LogP contribution < -0.4 is 5.73 Å². The van der Waals surface area contributed by atoms with Crippen molar-refractivity contribution in [3.8, 4) is 0 Å². The molecule has 0 aliphatic rings. The molecule has 0 aliphatic carbocycles. The number of nitrogens with zero attached hydrogens (tertiary/aromatic N) is 2. The standard InChI is InChI=1S/C9H10ClN3S/c1-6-8(10)9(11)13(12-6)4-7-2-3-14-5-7/h2-3,5H,4,11H2,1H3. The van der Waals surface area contributed by atoms with Crippen LogP contribution in [-0.4, -0.2) is 9.78 Å². The Morgan fingerprint density at radius 3 is 2.93 bits per heavy atom. The molecule has 2 aromatic heterocycles. The zero-order valence-electron chi connectivity index (χ0n) is 7.70. The Balaban J connectivity index is 2.30. The lowest BCUT2D eigenvalue weighted by Gasteiger charge is -2.01. The molecule has 3 nitrogen and oxygen atoms in total. The van der Waals surface area contributed by atoms with Gasteiger partial charge in [0.15, 0.2) is 0 Å². The fourth-order valence-corrected chi connectivity index (χ4v) is 2.05. The number of nitrogen functional groups attached to an aromatic ring is 1. The van der Waals surface area contributed by atoms with Gasteiger partial charge in [-0.05, 0) is 29.3 Å². The molecule has 74 valence electrons. The summed E-state index contributed by atoms with van der Waals surface area (Å²) in [5.41, 5.74) is 7.76. The van der Waals surface area contributed by atoms with E-state index >= 15 is 0 Å². The van der Waals surface area contributed by atoms with E-state index in [-0.39, 0.29) is 0 Å². The van der Waals surface area contributed by atoms with Crippen LogP contribution in [-0.2, 0) is 6.54 Å². The summed E-state index contributed by atoms with van der Waals surface area (Å²) in [6.07, 6.45) is 0. The normalized spacial score (nSPS) is 10.7. The minimum absolute atomic E-state index is 0.537. The van der Waals surface area contributed by atoms with Gasteiger partial charge < -0.3 is 5.73 Å². The largest absolute Gasteiger partial charge is 0.383 e. The molecule has 2 rings (SSSR count). The molecule has 2 heterocycles. The van der Waals surface area contributed by atoms with Gasteiger partial charge >= 0.3 is 0 Å². The highest BCUT2D eigenvalue weighted by Crippen LogP contribution is 2.23. The number of thiophene rings is 1. The third kappa shape index (κ3) is 1.63. The third-order valence-corrected chi connectivity index (χ3v) is 3.20. The Labute approximate surface area is 91.1 Å². The van der Waals surface area contributed by atoms with Crippen molar-refractivity contribution < 1.29 is 0 Å². The number of hydrogen-bond acceptors (Lipinski definition) is 3. The van der Waals surface area contributed by atoms with Crippen LogP contribution in [0.15, 0.2) is 16.8 Å².